The molecule has 0 spiro atoms. The Bertz CT molecular complexity index is 1100. The largest absolute Gasteiger partial charge is 0.353 e. The van der Waals surface area contributed by atoms with Crippen molar-refractivity contribution in [1.82, 2.24) is 14.2 Å². The molecule has 0 bridgehead atoms. The number of rotatable bonds is 4. The first-order valence-electron chi connectivity index (χ1n) is 10.5. The number of amides is 1. The Kier molecular flexibility index (Phi) is 6.37. The van der Waals surface area contributed by atoms with Crippen LogP contribution in [0.4, 0.5) is 5.82 Å². The molecule has 2 fully saturated rings. The molecule has 1 aromatic carbocycles. The summed E-state index contributed by atoms with van der Waals surface area (Å²) in [5, 5.41) is 0. The second-order valence-electron chi connectivity index (χ2n) is 8.25. The topological polar surface area (TPSA) is 73.8 Å². The van der Waals surface area contributed by atoms with Crippen LogP contribution >= 0.6 is 15.9 Å². The molecule has 3 heterocycles. The Morgan fingerprint density at radius 1 is 1.10 bits per heavy atom. The minimum Gasteiger partial charge on any atom is -0.353 e. The van der Waals surface area contributed by atoms with E-state index in [0.717, 1.165) is 35.6 Å². The summed E-state index contributed by atoms with van der Waals surface area (Å²) in [5.74, 6) is 1.19. The Balaban J connectivity index is 1.41. The van der Waals surface area contributed by atoms with E-state index < -0.39 is 10.0 Å². The standard InChI is InChI=1S/C22H27BrN4O3S/c1-16-12-17(2)21(24-14-16)25-7-9-26(10-8-25)22(28)19-5-4-18(13-20(19)23)15-27-6-3-11-31(27,29)30/h4-5,12-14H,3,6-11,15H2,1-2H3. The van der Waals surface area contributed by atoms with Gasteiger partial charge >= 0.3 is 0 Å². The highest BCUT2D eigenvalue weighted by atomic mass is 79.9. The molecule has 2 aliphatic heterocycles. The van der Waals surface area contributed by atoms with Gasteiger partial charge in [-0.25, -0.2) is 13.4 Å². The quantitative estimate of drug-likeness (QED) is 0.637. The van der Waals surface area contributed by atoms with Gasteiger partial charge in [-0.1, -0.05) is 12.1 Å². The molecule has 0 aliphatic carbocycles. The van der Waals surface area contributed by atoms with Gasteiger partial charge in [0.05, 0.1) is 11.3 Å². The van der Waals surface area contributed by atoms with Gasteiger partial charge in [0.2, 0.25) is 10.0 Å². The maximum Gasteiger partial charge on any atom is 0.255 e. The third kappa shape index (κ3) is 4.78. The number of carbonyl (C=O) groups excluding carboxylic acids is 1. The van der Waals surface area contributed by atoms with Gasteiger partial charge in [0.25, 0.3) is 5.91 Å². The van der Waals surface area contributed by atoms with Gasteiger partial charge in [0.15, 0.2) is 0 Å². The number of benzene rings is 1. The van der Waals surface area contributed by atoms with Crippen molar-refractivity contribution in [2.24, 2.45) is 0 Å². The fourth-order valence-corrected chi connectivity index (χ4v) is 6.33. The van der Waals surface area contributed by atoms with Gasteiger partial charge in [-0.3, -0.25) is 4.79 Å². The molecule has 0 saturated carbocycles. The Morgan fingerprint density at radius 2 is 1.84 bits per heavy atom. The number of aromatic nitrogens is 1. The Morgan fingerprint density at radius 3 is 2.45 bits per heavy atom. The third-order valence-electron chi connectivity index (χ3n) is 5.88. The summed E-state index contributed by atoms with van der Waals surface area (Å²) in [5.41, 5.74) is 3.77. The van der Waals surface area contributed by atoms with Gasteiger partial charge in [-0.15, -0.1) is 0 Å². The summed E-state index contributed by atoms with van der Waals surface area (Å²) in [4.78, 5) is 21.8. The molecule has 166 valence electrons. The molecular weight excluding hydrogens is 480 g/mol. The van der Waals surface area contributed by atoms with Crippen LogP contribution in [-0.4, -0.2) is 67.0 Å². The molecule has 2 saturated heterocycles. The van der Waals surface area contributed by atoms with E-state index in [0.29, 0.717) is 42.6 Å². The zero-order chi connectivity index (χ0) is 22.2. The fourth-order valence-electron chi connectivity index (χ4n) is 4.23. The number of aryl methyl sites for hydroxylation is 2. The van der Waals surface area contributed by atoms with Crippen LogP contribution in [-0.2, 0) is 16.6 Å². The molecule has 7 nitrogen and oxygen atoms in total. The van der Waals surface area contributed by atoms with Gasteiger partial charge in [-0.2, -0.15) is 4.31 Å². The van der Waals surface area contributed by atoms with Crippen molar-refractivity contribution in [2.45, 2.75) is 26.8 Å². The van der Waals surface area contributed by atoms with Crippen LogP contribution in [0.15, 0.2) is 34.9 Å². The Labute approximate surface area is 192 Å². The Hall–Kier alpha value is -1.97. The maximum atomic E-state index is 13.1. The van der Waals surface area contributed by atoms with Crippen LogP contribution in [0.5, 0.6) is 0 Å². The highest BCUT2D eigenvalue weighted by Crippen LogP contribution is 2.25. The molecule has 0 atom stereocenters. The number of hydrogen-bond donors (Lipinski definition) is 0. The number of sulfonamides is 1. The van der Waals surface area contributed by atoms with Crippen molar-refractivity contribution in [3.8, 4) is 0 Å². The highest BCUT2D eigenvalue weighted by Gasteiger charge is 2.29. The minimum atomic E-state index is -3.14. The summed E-state index contributed by atoms with van der Waals surface area (Å²) >= 11 is 3.52. The van der Waals surface area contributed by atoms with Crippen molar-refractivity contribution < 1.29 is 13.2 Å². The van der Waals surface area contributed by atoms with Crippen LogP contribution in [0.3, 0.4) is 0 Å². The zero-order valence-corrected chi connectivity index (χ0v) is 20.2. The molecule has 1 amide bonds. The van der Waals surface area contributed by atoms with E-state index in [9.17, 15) is 13.2 Å². The van der Waals surface area contributed by atoms with Crippen molar-refractivity contribution in [1.29, 1.82) is 0 Å². The monoisotopic (exact) mass is 506 g/mol. The smallest absolute Gasteiger partial charge is 0.255 e. The molecule has 4 rings (SSSR count). The number of piperazine rings is 1. The van der Waals surface area contributed by atoms with E-state index in [1.807, 2.05) is 30.2 Å². The van der Waals surface area contributed by atoms with Crippen molar-refractivity contribution >= 4 is 37.7 Å². The second-order valence-corrected chi connectivity index (χ2v) is 11.2. The number of nitrogens with zero attached hydrogens (tertiary/aromatic N) is 4. The molecule has 31 heavy (non-hydrogen) atoms. The minimum absolute atomic E-state index is 0.0135. The predicted octanol–water partition coefficient (Wildman–Crippen LogP) is 2.96. The average Bonchev–Trinajstić information content (AvgIpc) is 3.06. The van der Waals surface area contributed by atoms with E-state index in [2.05, 4.69) is 38.8 Å². The van der Waals surface area contributed by atoms with E-state index in [1.165, 1.54) is 4.31 Å². The van der Waals surface area contributed by atoms with Crippen molar-refractivity contribution in [3.05, 3.63) is 57.2 Å². The first-order chi connectivity index (χ1) is 14.7. The fraction of sp³-hybridized carbons (Fsp3) is 0.455. The van der Waals surface area contributed by atoms with E-state index in [4.69, 9.17) is 0 Å². The molecule has 2 aliphatic rings. The first kappa shape index (κ1) is 22.2. The molecular formula is C22H27BrN4O3S. The van der Waals surface area contributed by atoms with Crippen LogP contribution in [0.1, 0.15) is 33.5 Å². The van der Waals surface area contributed by atoms with Gasteiger partial charge < -0.3 is 9.80 Å². The molecule has 0 unspecified atom stereocenters. The van der Waals surface area contributed by atoms with Crippen LogP contribution in [0.2, 0.25) is 0 Å². The van der Waals surface area contributed by atoms with Crippen molar-refractivity contribution in [2.75, 3.05) is 43.4 Å². The lowest BCUT2D eigenvalue weighted by Gasteiger charge is -2.36. The zero-order valence-electron chi connectivity index (χ0n) is 17.8. The lowest BCUT2D eigenvalue weighted by molar-refractivity contribution is 0.0745. The van der Waals surface area contributed by atoms with E-state index in [1.54, 1.807) is 6.07 Å². The number of hydrogen-bond acceptors (Lipinski definition) is 5. The summed E-state index contributed by atoms with van der Waals surface area (Å²) in [7, 11) is -3.14. The third-order valence-corrected chi connectivity index (χ3v) is 8.44. The van der Waals surface area contributed by atoms with Gasteiger partial charge in [-0.05, 0) is 65.0 Å². The second kappa shape index (κ2) is 8.88. The number of pyridine rings is 1. The lowest BCUT2D eigenvalue weighted by Crippen LogP contribution is -2.49. The molecule has 2 aromatic rings. The van der Waals surface area contributed by atoms with Gasteiger partial charge in [0, 0.05) is 49.9 Å². The lowest BCUT2D eigenvalue weighted by atomic mass is 10.1. The summed E-state index contributed by atoms with van der Waals surface area (Å²) in [6.07, 6.45) is 2.55. The summed E-state index contributed by atoms with van der Waals surface area (Å²) in [6, 6.07) is 7.63. The molecule has 0 radical (unpaired) electrons. The summed E-state index contributed by atoms with van der Waals surface area (Å²) < 4.78 is 26.3. The van der Waals surface area contributed by atoms with Crippen LogP contribution in [0.25, 0.3) is 0 Å². The SMILES string of the molecule is Cc1cnc(N2CCN(C(=O)c3ccc(CN4CCCS4(=O)=O)cc3Br)CC2)c(C)c1. The predicted molar refractivity (Wildman–Crippen MR) is 125 cm³/mol. The van der Waals surface area contributed by atoms with Gasteiger partial charge in [0.1, 0.15) is 5.82 Å². The van der Waals surface area contributed by atoms with Crippen molar-refractivity contribution in [3.63, 3.8) is 0 Å². The highest BCUT2D eigenvalue weighted by molar-refractivity contribution is 9.10. The molecule has 0 N–H and O–H groups in total. The molecule has 9 heteroatoms. The number of anilines is 1. The first-order valence-corrected chi connectivity index (χ1v) is 12.9. The molecule has 1 aromatic heterocycles. The number of halogens is 1. The van der Waals surface area contributed by atoms with Crippen LogP contribution < -0.4 is 4.90 Å². The summed E-state index contributed by atoms with van der Waals surface area (Å²) in [6.45, 7) is 7.75. The normalized spacial score (nSPS) is 19.1. The number of carbonyl (C=O) groups is 1. The maximum absolute atomic E-state index is 13.1. The van der Waals surface area contributed by atoms with Crippen LogP contribution in [0, 0.1) is 13.8 Å². The van der Waals surface area contributed by atoms with E-state index in [-0.39, 0.29) is 11.7 Å². The van der Waals surface area contributed by atoms with E-state index >= 15 is 0 Å². The average molecular weight is 507 g/mol.